The van der Waals surface area contributed by atoms with E-state index in [-0.39, 0.29) is 32.7 Å². The number of amides is 7. The van der Waals surface area contributed by atoms with Gasteiger partial charge in [0.25, 0.3) is 23.6 Å². The first-order valence-electron chi connectivity index (χ1n) is 13.6. The lowest BCUT2D eigenvalue weighted by Gasteiger charge is -2.20. The van der Waals surface area contributed by atoms with E-state index in [2.05, 4.69) is 16.0 Å². The van der Waals surface area contributed by atoms with Gasteiger partial charge in [-0.15, -0.1) is 0 Å². The first-order valence-corrected chi connectivity index (χ1v) is 13.6. The zero-order valence-electron chi connectivity index (χ0n) is 24.7. The molecule has 0 aromatic carbocycles. The van der Waals surface area contributed by atoms with Crippen molar-refractivity contribution in [1.29, 1.82) is 0 Å². The number of aromatic nitrogens is 3. The lowest BCUT2D eigenvalue weighted by molar-refractivity contribution is -0.138. The molecule has 19 heteroatoms. The molecular weight excluding hydrogens is 600 g/mol. The second-order valence-electron chi connectivity index (χ2n) is 10.6. The predicted molar refractivity (Wildman–Crippen MR) is 151 cm³/mol. The molecule has 242 valence electrons. The molecular formula is C26H32N8O11. The number of ether oxygens (including phenoxy) is 1. The highest BCUT2D eigenvalue weighted by Crippen LogP contribution is 2.06. The van der Waals surface area contributed by atoms with Crippen LogP contribution in [0, 0.1) is 0 Å². The molecule has 0 aliphatic carbocycles. The average molecular weight is 633 g/mol. The highest BCUT2D eigenvalue weighted by atomic mass is 16.6. The fourth-order valence-corrected chi connectivity index (χ4v) is 4.04. The summed E-state index contributed by atoms with van der Waals surface area (Å²) >= 11 is 0. The van der Waals surface area contributed by atoms with Crippen molar-refractivity contribution in [1.82, 2.24) is 39.5 Å². The van der Waals surface area contributed by atoms with E-state index in [1.807, 2.05) is 0 Å². The summed E-state index contributed by atoms with van der Waals surface area (Å²) in [5.74, 6) is -4.07. The van der Waals surface area contributed by atoms with Gasteiger partial charge < -0.3 is 20.7 Å². The Morgan fingerprint density at radius 2 is 0.933 bits per heavy atom. The fraction of sp³-hybridized carbons (Fsp3) is 0.462. The molecule has 1 aromatic rings. The summed E-state index contributed by atoms with van der Waals surface area (Å²) in [6.07, 6.45) is 3.40. The van der Waals surface area contributed by atoms with E-state index in [0.29, 0.717) is 13.7 Å². The minimum absolute atomic E-state index is 0.184. The van der Waals surface area contributed by atoms with Gasteiger partial charge >= 0.3 is 23.2 Å². The number of imide groups is 2. The van der Waals surface area contributed by atoms with Crippen molar-refractivity contribution in [3.63, 3.8) is 0 Å². The lowest BCUT2D eigenvalue weighted by Crippen LogP contribution is -2.57. The Bertz CT molecular complexity index is 1520. The number of carbonyl (C=O) groups is 7. The maximum Gasteiger partial charge on any atom is 0.407 e. The Morgan fingerprint density at radius 3 is 1.31 bits per heavy atom. The van der Waals surface area contributed by atoms with Gasteiger partial charge in [0.1, 0.15) is 18.7 Å². The van der Waals surface area contributed by atoms with Gasteiger partial charge in [-0.3, -0.25) is 38.6 Å². The zero-order valence-corrected chi connectivity index (χ0v) is 24.7. The molecule has 3 rings (SSSR count). The van der Waals surface area contributed by atoms with Crippen LogP contribution in [-0.4, -0.2) is 103 Å². The van der Waals surface area contributed by atoms with Crippen molar-refractivity contribution in [2.75, 3.05) is 32.7 Å². The molecule has 0 fully saturated rings. The summed E-state index contributed by atoms with van der Waals surface area (Å²) in [5.41, 5.74) is -4.56. The van der Waals surface area contributed by atoms with Crippen molar-refractivity contribution in [2.45, 2.75) is 46.0 Å². The van der Waals surface area contributed by atoms with Gasteiger partial charge in [0.2, 0.25) is 11.8 Å². The predicted octanol–water partition coefficient (Wildman–Crippen LogP) is -4.22. The van der Waals surface area contributed by atoms with Gasteiger partial charge in [-0.25, -0.2) is 32.9 Å². The SMILES string of the molecule is CC(C)(C)OC(=O)NCCn1c(=O)n(CC(=O)NCCN2C(=O)C=CC2=O)c(=O)n(CC(=O)NCCN2C(=O)C=CC2=O)c1=O. The van der Waals surface area contributed by atoms with E-state index in [0.717, 1.165) is 34.1 Å². The highest BCUT2D eigenvalue weighted by molar-refractivity contribution is 6.13. The van der Waals surface area contributed by atoms with Crippen molar-refractivity contribution in [3.8, 4) is 0 Å². The van der Waals surface area contributed by atoms with Crippen LogP contribution in [0.3, 0.4) is 0 Å². The minimum atomic E-state index is -1.30. The molecule has 0 bridgehead atoms. The number of nitrogens with zero attached hydrogens (tertiary/aromatic N) is 5. The summed E-state index contributed by atoms with van der Waals surface area (Å²) in [7, 11) is 0. The van der Waals surface area contributed by atoms with Crippen LogP contribution in [-0.2, 0) is 53.1 Å². The van der Waals surface area contributed by atoms with Crippen LogP contribution in [0.2, 0.25) is 0 Å². The van der Waals surface area contributed by atoms with Crippen LogP contribution in [0.5, 0.6) is 0 Å². The van der Waals surface area contributed by atoms with Crippen molar-refractivity contribution < 1.29 is 38.3 Å². The van der Waals surface area contributed by atoms with Crippen LogP contribution in [0.1, 0.15) is 20.8 Å². The summed E-state index contributed by atoms with van der Waals surface area (Å²) in [6.45, 7) is 1.51. The van der Waals surface area contributed by atoms with Crippen LogP contribution >= 0.6 is 0 Å². The molecule has 0 unspecified atom stereocenters. The third kappa shape index (κ3) is 8.94. The molecule has 3 N–H and O–H groups in total. The number of hydrogen-bond acceptors (Lipinski definition) is 11. The number of nitrogens with one attached hydrogen (secondary N) is 3. The molecule has 0 saturated carbocycles. The van der Waals surface area contributed by atoms with Crippen LogP contribution in [0.4, 0.5) is 4.79 Å². The van der Waals surface area contributed by atoms with Gasteiger partial charge in [0, 0.05) is 63.6 Å². The summed E-state index contributed by atoms with van der Waals surface area (Å²) in [4.78, 5) is 125. The van der Waals surface area contributed by atoms with E-state index in [1.165, 1.54) is 0 Å². The second kappa shape index (κ2) is 14.2. The topological polar surface area (TPSA) is 237 Å². The van der Waals surface area contributed by atoms with Crippen LogP contribution < -0.4 is 33.0 Å². The monoisotopic (exact) mass is 632 g/mol. The largest absolute Gasteiger partial charge is 0.444 e. The van der Waals surface area contributed by atoms with Crippen molar-refractivity contribution >= 4 is 41.5 Å². The summed E-state index contributed by atoms with van der Waals surface area (Å²) in [6, 6.07) is 0. The van der Waals surface area contributed by atoms with Crippen LogP contribution in [0.25, 0.3) is 0 Å². The number of carbonyl (C=O) groups excluding carboxylic acids is 7. The number of hydrogen-bond donors (Lipinski definition) is 3. The highest BCUT2D eigenvalue weighted by Gasteiger charge is 2.25. The Morgan fingerprint density at radius 1 is 0.578 bits per heavy atom. The molecule has 19 nitrogen and oxygen atoms in total. The van der Waals surface area contributed by atoms with E-state index in [9.17, 15) is 47.9 Å². The van der Waals surface area contributed by atoms with E-state index in [4.69, 9.17) is 4.74 Å². The third-order valence-corrected chi connectivity index (χ3v) is 6.11. The summed E-state index contributed by atoms with van der Waals surface area (Å²) < 4.78 is 6.45. The van der Waals surface area contributed by atoms with Gasteiger partial charge in [0.15, 0.2) is 0 Å². The Hall–Kier alpha value is -5.62. The van der Waals surface area contributed by atoms with E-state index >= 15 is 0 Å². The van der Waals surface area contributed by atoms with Gasteiger partial charge in [-0.05, 0) is 20.8 Å². The molecule has 2 aliphatic heterocycles. The van der Waals surface area contributed by atoms with Crippen molar-refractivity contribution in [3.05, 3.63) is 55.8 Å². The molecule has 0 atom stereocenters. The molecule has 1 aromatic heterocycles. The fourth-order valence-electron chi connectivity index (χ4n) is 4.04. The average Bonchev–Trinajstić information content (AvgIpc) is 3.44. The third-order valence-electron chi connectivity index (χ3n) is 6.11. The Balaban J connectivity index is 1.76. The smallest absolute Gasteiger partial charge is 0.407 e. The first-order chi connectivity index (χ1) is 21.1. The van der Waals surface area contributed by atoms with Gasteiger partial charge in [-0.2, -0.15) is 0 Å². The maximum absolute atomic E-state index is 13.2. The maximum atomic E-state index is 13.2. The van der Waals surface area contributed by atoms with E-state index in [1.54, 1.807) is 20.8 Å². The normalized spacial score (nSPS) is 14.4. The summed E-state index contributed by atoms with van der Waals surface area (Å²) in [5, 5.41) is 7.08. The first kappa shape index (κ1) is 33.9. The van der Waals surface area contributed by atoms with Crippen LogP contribution in [0.15, 0.2) is 38.7 Å². The number of rotatable bonds is 13. The Kier molecular flexibility index (Phi) is 10.7. The Labute approximate surface area is 254 Å². The van der Waals surface area contributed by atoms with Gasteiger partial charge in [0.05, 0.1) is 0 Å². The molecule has 3 heterocycles. The quantitative estimate of drug-likeness (QED) is 0.176. The molecule has 0 saturated heterocycles. The second-order valence-corrected chi connectivity index (χ2v) is 10.6. The molecule has 0 spiro atoms. The van der Waals surface area contributed by atoms with Crippen molar-refractivity contribution in [2.24, 2.45) is 0 Å². The van der Waals surface area contributed by atoms with Gasteiger partial charge in [-0.1, -0.05) is 0 Å². The van der Waals surface area contributed by atoms with E-state index < -0.39 is 83.8 Å². The molecule has 2 aliphatic rings. The lowest BCUT2D eigenvalue weighted by atomic mass is 10.2. The number of alkyl carbamates (subject to hydrolysis) is 1. The molecule has 7 amide bonds. The minimum Gasteiger partial charge on any atom is -0.444 e. The molecule has 0 radical (unpaired) electrons. The molecule has 45 heavy (non-hydrogen) atoms. The zero-order chi connectivity index (χ0) is 33.5. The standard InChI is InChI=1S/C26H32N8O11/c1-26(2,3)45-22(41)29-10-13-32-23(42)33(14-16(35)27-8-11-30-18(37)4-5-19(30)38)25(44)34(24(32)43)15-17(36)28-9-12-31-20(39)6-7-21(31)40/h4-7H,8-15H2,1-3H3,(H,27,35)(H,28,36)(H,29,41).